The maximum absolute atomic E-state index is 12.3. The first-order valence-corrected chi connectivity index (χ1v) is 6.14. The van der Waals surface area contributed by atoms with E-state index in [1.165, 1.54) is 5.56 Å². The lowest BCUT2D eigenvalue weighted by molar-refractivity contribution is 0.103. The zero-order valence-electron chi connectivity index (χ0n) is 11.3. The molecule has 0 amide bonds. The summed E-state index contributed by atoms with van der Waals surface area (Å²) in [5, 5.41) is 4.20. The van der Waals surface area contributed by atoms with E-state index >= 15 is 0 Å². The van der Waals surface area contributed by atoms with Gasteiger partial charge in [0.2, 0.25) is 5.78 Å². The Labute approximate surface area is 107 Å². The van der Waals surface area contributed by atoms with Crippen molar-refractivity contribution in [2.75, 3.05) is 0 Å². The molecular formula is C15H18N2O. The topological polar surface area (TPSA) is 34.9 Å². The first-order valence-electron chi connectivity index (χ1n) is 6.14. The third-order valence-electron chi connectivity index (χ3n) is 3.07. The van der Waals surface area contributed by atoms with Crippen molar-refractivity contribution in [3.63, 3.8) is 0 Å². The molecule has 18 heavy (non-hydrogen) atoms. The SMILES string of the molecule is Cc1cc(C(=O)c2ccc(C(C)C)cc2)n(C)n1. The molecule has 0 spiro atoms. The van der Waals surface area contributed by atoms with E-state index in [4.69, 9.17) is 0 Å². The summed E-state index contributed by atoms with van der Waals surface area (Å²) in [6, 6.07) is 9.63. The highest BCUT2D eigenvalue weighted by atomic mass is 16.1. The van der Waals surface area contributed by atoms with Crippen LogP contribution < -0.4 is 0 Å². The van der Waals surface area contributed by atoms with Gasteiger partial charge in [-0.05, 0) is 24.5 Å². The summed E-state index contributed by atoms with van der Waals surface area (Å²) in [6.07, 6.45) is 0. The lowest BCUT2D eigenvalue weighted by Gasteiger charge is -2.06. The van der Waals surface area contributed by atoms with E-state index in [-0.39, 0.29) is 5.78 Å². The van der Waals surface area contributed by atoms with Crippen molar-refractivity contribution in [2.24, 2.45) is 7.05 Å². The van der Waals surface area contributed by atoms with Crippen molar-refractivity contribution in [3.05, 3.63) is 52.8 Å². The lowest BCUT2D eigenvalue weighted by Crippen LogP contribution is -2.08. The number of carbonyl (C=O) groups excluding carboxylic acids is 1. The zero-order valence-corrected chi connectivity index (χ0v) is 11.3. The highest BCUT2D eigenvalue weighted by Gasteiger charge is 2.14. The summed E-state index contributed by atoms with van der Waals surface area (Å²) in [7, 11) is 1.79. The third-order valence-corrected chi connectivity index (χ3v) is 3.07. The van der Waals surface area contributed by atoms with Crippen LogP contribution >= 0.6 is 0 Å². The molecule has 2 aromatic rings. The largest absolute Gasteiger partial charge is 0.287 e. The number of ketones is 1. The smallest absolute Gasteiger partial charge is 0.211 e. The number of hydrogen-bond donors (Lipinski definition) is 0. The van der Waals surface area contributed by atoms with E-state index < -0.39 is 0 Å². The van der Waals surface area contributed by atoms with E-state index in [0.717, 1.165) is 5.69 Å². The molecule has 0 saturated carbocycles. The molecule has 0 radical (unpaired) electrons. The Hall–Kier alpha value is -1.90. The zero-order chi connectivity index (χ0) is 13.3. The molecule has 94 valence electrons. The van der Waals surface area contributed by atoms with Crippen LogP contribution in [0.15, 0.2) is 30.3 Å². The van der Waals surface area contributed by atoms with E-state index in [9.17, 15) is 4.79 Å². The average molecular weight is 242 g/mol. The van der Waals surface area contributed by atoms with Gasteiger partial charge in [0.05, 0.1) is 5.69 Å². The van der Waals surface area contributed by atoms with Gasteiger partial charge in [0.25, 0.3) is 0 Å². The van der Waals surface area contributed by atoms with Gasteiger partial charge in [-0.1, -0.05) is 38.1 Å². The normalized spacial score (nSPS) is 10.9. The minimum atomic E-state index is 0.0217. The summed E-state index contributed by atoms with van der Waals surface area (Å²) in [6.45, 7) is 6.17. The molecule has 0 aliphatic rings. The monoisotopic (exact) mass is 242 g/mol. The van der Waals surface area contributed by atoms with Crippen LogP contribution in [-0.2, 0) is 7.05 Å². The van der Waals surface area contributed by atoms with Crippen LogP contribution in [0.2, 0.25) is 0 Å². The van der Waals surface area contributed by atoms with Crippen LogP contribution in [0.3, 0.4) is 0 Å². The number of aromatic nitrogens is 2. The Morgan fingerprint density at radius 3 is 2.28 bits per heavy atom. The predicted octanol–water partition coefficient (Wildman–Crippen LogP) is 3.08. The molecule has 0 N–H and O–H groups in total. The van der Waals surface area contributed by atoms with Crippen molar-refractivity contribution in [2.45, 2.75) is 26.7 Å². The summed E-state index contributed by atoms with van der Waals surface area (Å²) in [4.78, 5) is 12.3. The fraction of sp³-hybridized carbons (Fsp3) is 0.333. The van der Waals surface area contributed by atoms with Crippen LogP contribution in [0.25, 0.3) is 0 Å². The van der Waals surface area contributed by atoms with Crippen LogP contribution in [0.1, 0.15) is 47.1 Å². The van der Waals surface area contributed by atoms with Crippen LogP contribution in [0, 0.1) is 6.92 Å². The van der Waals surface area contributed by atoms with E-state index in [2.05, 4.69) is 18.9 Å². The molecule has 0 fully saturated rings. The van der Waals surface area contributed by atoms with Gasteiger partial charge in [0.1, 0.15) is 5.69 Å². The second kappa shape index (κ2) is 4.77. The highest BCUT2D eigenvalue weighted by Crippen LogP contribution is 2.17. The minimum Gasteiger partial charge on any atom is -0.287 e. The number of nitrogens with zero attached hydrogens (tertiary/aromatic N) is 2. The number of hydrogen-bond acceptors (Lipinski definition) is 2. The Morgan fingerprint density at radius 1 is 1.22 bits per heavy atom. The van der Waals surface area contributed by atoms with Gasteiger partial charge in [-0.2, -0.15) is 5.10 Å². The number of benzene rings is 1. The summed E-state index contributed by atoms with van der Waals surface area (Å²) in [5.41, 5.74) is 3.44. The van der Waals surface area contributed by atoms with Crippen molar-refractivity contribution < 1.29 is 4.79 Å². The maximum Gasteiger partial charge on any atom is 0.211 e. The van der Waals surface area contributed by atoms with E-state index in [1.807, 2.05) is 37.3 Å². The Morgan fingerprint density at radius 2 is 1.83 bits per heavy atom. The molecular weight excluding hydrogens is 224 g/mol. The second-order valence-corrected chi connectivity index (χ2v) is 4.90. The predicted molar refractivity (Wildman–Crippen MR) is 71.9 cm³/mol. The summed E-state index contributed by atoms with van der Waals surface area (Å²) < 4.78 is 1.63. The molecule has 3 heteroatoms. The van der Waals surface area contributed by atoms with E-state index in [1.54, 1.807) is 11.7 Å². The van der Waals surface area contributed by atoms with Crippen LogP contribution in [0.5, 0.6) is 0 Å². The standard InChI is InChI=1S/C15H18N2O/c1-10(2)12-5-7-13(8-6-12)15(18)14-9-11(3)16-17(14)4/h5-10H,1-4H3. The van der Waals surface area contributed by atoms with Gasteiger partial charge in [-0.25, -0.2) is 0 Å². The van der Waals surface area contributed by atoms with Gasteiger partial charge in [0, 0.05) is 12.6 Å². The summed E-state index contributed by atoms with van der Waals surface area (Å²) >= 11 is 0. The van der Waals surface area contributed by atoms with Crippen LogP contribution in [0.4, 0.5) is 0 Å². The van der Waals surface area contributed by atoms with Gasteiger partial charge in [-0.3, -0.25) is 9.48 Å². The number of rotatable bonds is 3. The van der Waals surface area contributed by atoms with Crippen LogP contribution in [-0.4, -0.2) is 15.6 Å². The Balaban J connectivity index is 2.32. The molecule has 1 heterocycles. The summed E-state index contributed by atoms with van der Waals surface area (Å²) in [5.74, 6) is 0.501. The number of carbonyl (C=O) groups is 1. The van der Waals surface area contributed by atoms with Gasteiger partial charge < -0.3 is 0 Å². The molecule has 0 bridgehead atoms. The van der Waals surface area contributed by atoms with Crippen molar-refractivity contribution in [1.29, 1.82) is 0 Å². The Bertz CT molecular complexity index is 565. The second-order valence-electron chi connectivity index (χ2n) is 4.90. The lowest BCUT2D eigenvalue weighted by atomic mass is 10.00. The molecule has 0 aliphatic carbocycles. The van der Waals surface area contributed by atoms with Crippen molar-refractivity contribution in [3.8, 4) is 0 Å². The molecule has 2 rings (SSSR count). The molecule has 3 nitrogen and oxygen atoms in total. The minimum absolute atomic E-state index is 0.0217. The highest BCUT2D eigenvalue weighted by molar-refractivity contribution is 6.07. The third kappa shape index (κ3) is 2.35. The van der Waals surface area contributed by atoms with Crippen molar-refractivity contribution >= 4 is 5.78 Å². The molecule has 1 aromatic heterocycles. The number of aryl methyl sites for hydroxylation is 2. The van der Waals surface area contributed by atoms with E-state index in [0.29, 0.717) is 17.2 Å². The Kier molecular flexibility index (Phi) is 3.32. The molecule has 0 saturated heterocycles. The fourth-order valence-electron chi connectivity index (χ4n) is 1.99. The van der Waals surface area contributed by atoms with Gasteiger partial charge in [-0.15, -0.1) is 0 Å². The average Bonchev–Trinajstić information content (AvgIpc) is 2.67. The van der Waals surface area contributed by atoms with Gasteiger partial charge in [0.15, 0.2) is 0 Å². The quantitative estimate of drug-likeness (QED) is 0.775. The van der Waals surface area contributed by atoms with Gasteiger partial charge >= 0.3 is 0 Å². The molecule has 0 aliphatic heterocycles. The first kappa shape index (κ1) is 12.6. The molecule has 1 aromatic carbocycles. The molecule has 0 atom stereocenters. The first-order chi connectivity index (χ1) is 8.49. The molecule has 0 unspecified atom stereocenters. The maximum atomic E-state index is 12.3. The van der Waals surface area contributed by atoms with Crippen molar-refractivity contribution in [1.82, 2.24) is 9.78 Å². The fourth-order valence-corrected chi connectivity index (χ4v) is 1.99.